The van der Waals surface area contributed by atoms with E-state index in [-0.39, 0.29) is 11.9 Å². The lowest BCUT2D eigenvalue weighted by Crippen LogP contribution is -2.31. The molecule has 1 aromatic carbocycles. The highest BCUT2D eigenvalue weighted by Crippen LogP contribution is 2.32. The number of nitrogens with two attached hydrogens (primary N) is 1. The Morgan fingerprint density at radius 2 is 1.91 bits per heavy atom. The third kappa shape index (κ3) is 3.35. The predicted octanol–water partition coefficient (Wildman–Crippen LogP) is 2.72. The van der Waals surface area contributed by atoms with Crippen molar-refractivity contribution in [1.29, 1.82) is 0 Å². The summed E-state index contributed by atoms with van der Waals surface area (Å²) in [6.45, 7) is 2.06. The largest absolute Gasteiger partial charge is 0.333 e. The molecule has 118 valence electrons. The van der Waals surface area contributed by atoms with E-state index in [0.29, 0.717) is 0 Å². The summed E-state index contributed by atoms with van der Waals surface area (Å²) in [6, 6.07) is 6.62. The molecule has 1 aromatic rings. The second-order valence-corrected chi connectivity index (χ2v) is 5.59. The first kappa shape index (κ1) is 16.6. The Morgan fingerprint density at radius 1 is 1.27 bits per heavy atom. The maximum absolute atomic E-state index is 13.0. The summed E-state index contributed by atoms with van der Waals surface area (Å²) in [5, 5.41) is 1.98. The summed E-state index contributed by atoms with van der Waals surface area (Å²) in [7, 11) is 3.40. The fourth-order valence-electron chi connectivity index (χ4n) is 2.44. The van der Waals surface area contributed by atoms with Crippen LogP contribution in [0.1, 0.15) is 18.5 Å². The zero-order valence-electron chi connectivity index (χ0n) is 12.9. The molecule has 3 N–H and O–H groups in total. The van der Waals surface area contributed by atoms with Crippen LogP contribution in [-0.2, 0) is 0 Å². The Hall–Kier alpha value is -1.76. The fourth-order valence-corrected chi connectivity index (χ4v) is 2.65. The maximum Gasteiger partial charge on any atom is 0.123 e. The van der Waals surface area contributed by atoms with Gasteiger partial charge < -0.3 is 10.0 Å². The molecule has 0 fully saturated rings. The van der Waals surface area contributed by atoms with Gasteiger partial charge in [0.15, 0.2) is 0 Å². The molecular formula is C16H21FN4S. The lowest BCUT2D eigenvalue weighted by molar-refractivity contribution is 0.345. The number of likely N-dealkylation sites (N-methyl/N-ethyl adjacent to an activating group) is 1. The van der Waals surface area contributed by atoms with Crippen LogP contribution in [0.5, 0.6) is 0 Å². The third-order valence-electron chi connectivity index (χ3n) is 3.49. The monoisotopic (exact) mass is 320 g/mol. The fraction of sp³-hybridized carbons (Fsp3) is 0.250. The van der Waals surface area contributed by atoms with Gasteiger partial charge in [0.25, 0.3) is 0 Å². The van der Waals surface area contributed by atoms with Gasteiger partial charge in [-0.2, -0.15) is 0 Å². The molecule has 0 saturated heterocycles. The van der Waals surface area contributed by atoms with Gasteiger partial charge in [-0.1, -0.05) is 24.9 Å². The van der Waals surface area contributed by atoms with Crippen LogP contribution in [0.4, 0.5) is 4.39 Å². The summed E-state index contributed by atoms with van der Waals surface area (Å²) in [6.07, 6.45) is 6.25. The molecule has 1 unspecified atom stereocenters. The smallest absolute Gasteiger partial charge is 0.123 e. The summed E-state index contributed by atoms with van der Waals surface area (Å²) in [5.41, 5.74) is 12.2. The van der Waals surface area contributed by atoms with Crippen molar-refractivity contribution in [2.45, 2.75) is 13.0 Å². The van der Waals surface area contributed by atoms with Gasteiger partial charge in [-0.3, -0.25) is 5.01 Å². The topological polar surface area (TPSA) is 44.5 Å². The van der Waals surface area contributed by atoms with Crippen LogP contribution in [-0.4, -0.2) is 23.4 Å². The lowest BCUT2D eigenvalue weighted by Gasteiger charge is -2.27. The quantitative estimate of drug-likeness (QED) is 0.733. The molecule has 1 atom stereocenters. The molecule has 2 aliphatic heterocycles. The second kappa shape index (κ2) is 7.00. The van der Waals surface area contributed by atoms with E-state index < -0.39 is 0 Å². The number of nitrogens with one attached hydrogen (secondary N) is 1. The molecule has 0 saturated carbocycles. The molecule has 2 aliphatic rings. The van der Waals surface area contributed by atoms with Gasteiger partial charge in [0.2, 0.25) is 0 Å². The minimum absolute atomic E-state index is 0.0514. The van der Waals surface area contributed by atoms with Crippen molar-refractivity contribution in [2.75, 3.05) is 14.1 Å². The molecule has 4 nitrogen and oxygen atoms in total. The highest BCUT2D eigenvalue weighted by atomic mass is 32.1. The molecule has 2 heterocycles. The van der Waals surface area contributed by atoms with Crippen LogP contribution in [0.2, 0.25) is 0 Å². The number of benzene rings is 1. The normalized spacial score (nSPS) is 19.5. The van der Waals surface area contributed by atoms with E-state index in [1.807, 2.05) is 18.3 Å². The van der Waals surface area contributed by atoms with Crippen LogP contribution in [0, 0.1) is 5.82 Å². The van der Waals surface area contributed by atoms with Crippen molar-refractivity contribution in [1.82, 2.24) is 14.7 Å². The van der Waals surface area contributed by atoms with Crippen molar-refractivity contribution < 1.29 is 4.39 Å². The highest BCUT2D eigenvalue weighted by Gasteiger charge is 2.25. The molecule has 0 amide bonds. The van der Waals surface area contributed by atoms with Gasteiger partial charge in [0.05, 0.1) is 17.4 Å². The van der Waals surface area contributed by atoms with Gasteiger partial charge in [0.1, 0.15) is 5.82 Å². The summed E-state index contributed by atoms with van der Waals surface area (Å²) < 4.78 is 14.8. The Labute approximate surface area is 136 Å². The van der Waals surface area contributed by atoms with Gasteiger partial charge >= 0.3 is 0 Å². The lowest BCUT2D eigenvalue weighted by atomic mass is 10.1. The van der Waals surface area contributed by atoms with E-state index in [9.17, 15) is 4.39 Å². The van der Waals surface area contributed by atoms with Gasteiger partial charge in [-0.05, 0) is 49.4 Å². The first-order chi connectivity index (χ1) is 10.5. The number of hydrazine groups is 1. The summed E-state index contributed by atoms with van der Waals surface area (Å²) in [5.74, 6) is -0.216. The van der Waals surface area contributed by atoms with E-state index in [1.165, 1.54) is 19.2 Å². The van der Waals surface area contributed by atoms with Crippen molar-refractivity contribution in [3.8, 4) is 0 Å². The van der Waals surface area contributed by atoms with Gasteiger partial charge in [-0.25, -0.2) is 9.82 Å². The van der Waals surface area contributed by atoms with E-state index in [4.69, 9.17) is 0 Å². The molecule has 6 heteroatoms. The second-order valence-electron chi connectivity index (χ2n) is 4.99. The number of hydrogen-bond acceptors (Lipinski definition) is 5. The molecule has 0 spiro atoms. The number of fused-ring (bicyclic) bond motifs is 1. The Morgan fingerprint density at radius 3 is 2.50 bits per heavy atom. The van der Waals surface area contributed by atoms with Crippen LogP contribution in [0.3, 0.4) is 0 Å². The van der Waals surface area contributed by atoms with E-state index >= 15 is 0 Å². The predicted molar refractivity (Wildman–Crippen MR) is 90.9 cm³/mol. The van der Waals surface area contributed by atoms with Crippen LogP contribution >= 0.6 is 12.8 Å². The van der Waals surface area contributed by atoms with Gasteiger partial charge in [-0.15, -0.1) is 0 Å². The highest BCUT2D eigenvalue weighted by molar-refractivity contribution is 7.77. The number of halogens is 1. The SMILES string of the molecule is CC1=CC2=CC(c3ccc(F)cc3)NN2C=C1N(C)S.CN. The van der Waals surface area contributed by atoms with Crippen molar-refractivity contribution in [3.63, 3.8) is 0 Å². The third-order valence-corrected chi connectivity index (χ3v) is 3.71. The van der Waals surface area contributed by atoms with Crippen molar-refractivity contribution in [3.05, 3.63) is 71.0 Å². The average Bonchev–Trinajstić information content (AvgIpc) is 2.91. The van der Waals surface area contributed by atoms with Crippen LogP contribution in [0.25, 0.3) is 0 Å². The molecule has 0 radical (unpaired) electrons. The summed E-state index contributed by atoms with van der Waals surface area (Å²) >= 11 is 4.34. The Balaban J connectivity index is 0.000000847. The first-order valence-electron chi connectivity index (χ1n) is 6.98. The van der Waals surface area contributed by atoms with Gasteiger partial charge in [0, 0.05) is 13.2 Å². The molecule has 0 aliphatic carbocycles. The number of hydrogen-bond donors (Lipinski definition) is 3. The van der Waals surface area contributed by atoms with E-state index in [1.54, 1.807) is 16.4 Å². The van der Waals surface area contributed by atoms with Crippen molar-refractivity contribution in [2.24, 2.45) is 5.73 Å². The summed E-state index contributed by atoms with van der Waals surface area (Å²) in [4.78, 5) is 0. The number of rotatable bonds is 2. The number of nitrogens with zero attached hydrogens (tertiary/aromatic N) is 2. The zero-order valence-corrected chi connectivity index (χ0v) is 13.8. The molecule has 0 bridgehead atoms. The molecule has 22 heavy (non-hydrogen) atoms. The minimum Gasteiger partial charge on any atom is -0.333 e. The minimum atomic E-state index is -0.216. The van der Waals surface area contributed by atoms with Crippen LogP contribution in [0.15, 0.2) is 59.6 Å². The molecule has 0 aromatic heterocycles. The zero-order chi connectivity index (χ0) is 16.3. The number of thiol groups is 1. The van der Waals surface area contributed by atoms with Crippen molar-refractivity contribution >= 4 is 12.8 Å². The molecular weight excluding hydrogens is 299 g/mol. The number of allylic oxidation sites excluding steroid dienone is 2. The average molecular weight is 320 g/mol. The first-order valence-corrected chi connectivity index (χ1v) is 7.38. The molecule has 3 rings (SSSR count). The Bertz CT molecular complexity index is 620. The Kier molecular flexibility index (Phi) is 5.28. The maximum atomic E-state index is 13.0. The van der Waals surface area contributed by atoms with E-state index in [0.717, 1.165) is 22.5 Å². The standard InChI is InChI=1S/C15H16FN3S.CH5N/c1-10-7-13-8-14(11-3-5-12(16)6-4-11)17-19(13)9-15(10)18(2)20;1-2/h3-9,14,17,20H,1-2H3;2H2,1H3. The van der Waals surface area contributed by atoms with E-state index in [2.05, 4.69) is 43.1 Å². The van der Waals surface area contributed by atoms with Crippen LogP contribution < -0.4 is 11.2 Å².